The number of para-hydroxylation sites is 1. The molecule has 1 aliphatic heterocycles. The van der Waals surface area contributed by atoms with Crippen molar-refractivity contribution in [3.63, 3.8) is 0 Å². The first-order chi connectivity index (χ1) is 6.42. The molecule has 0 aliphatic carbocycles. The Bertz CT molecular complexity index is 323. The van der Waals surface area contributed by atoms with Crippen LogP contribution in [-0.4, -0.2) is 19.4 Å². The van der Waals surface area contributed by atoms with Gasteiger partial charge in [-0.2, -0.15) is 0 Å². The first-order valence-corrected chi connectivity index (χ1v) is 4.31. The normalized spacial score (nSPS) is 14.8. The highest BCUT2D eigenvalue weighted by atomic mass is 16.5. The van der Waals surface area contributed by atoms with Crippen LogP contribution in [0.25, 0.3) is 0 Å². The lowest BCUT2D eigenvalue weighted by molar-refractivity contribution is 0.297. The smallest absolute Gasteiger partial charge is 0.169 e. The van der Waals surface area contributed by atoms with Gasteiger partial charge >= 0.3 is 0 Å². The van der Waals surface area contributed by atoms with Crippen molar-refractivity contribution in [3.8, 4) is 11.5 Å². The Labute approximate surface area is 76.8 Å². The second kappa shape index (κ2) is 3.47. The molecule has 1 aliphatic rings. The Balaban J connectivity index is 2.45. The Morgan fingerprint density at radius 3 is 2.92 bits per heavy atom. The Kier molecular flexibility index (Phi) is 2.17. The topological polar surface area (TPSA) is 42.3 Å². The molecule has 0 bridgehead atoms. The van der Waals surface area contributed by atoms with E-state index in [1.165, 1.54) is 6.21 Å². The summed E-state index contributed by atoms with van der Waals surface area (Å²) in [5.74, 6) is 1.45. The lowest BCUT2D eigenvalue weighted by Crippen LogP contribution is -1.98. The van der Waals surface area contributed by atoms with Gasteiger partial charge in [-0.1, -0.05) is 6.07 Å². The fraction of sp³-hybridized carbons (Fsp3) is 0.300. The van der Waals surface area contributed by atoms with E-state index in [9.17, 15) is 0 Å². The van der Waals surface area contributed by atoms with Crippen molar-refractivity contribution in [1.29, 1.82) is 5.41 Å². The average Bonchev–Trinajstić information content (AvgIpc) is 2.41. The zero-order valence-electron chi connectivity index (χ0n) is 7.25. The Morgan fingerprint density at radius 1 is 1.23 bits per heavy atom. The highest BCUT2D eigenvalue weighted by molar-refractivity contribution is 5.82. The quantitative estimate of drug-likeness (QED) is 0.665. The first-order valence-electron chi connectivity index (χ1n) is 4.31. The minimum Gasteiger partial charge on any atom is -0.490 e. The van der Waals surface area contributed by atoms with Crippen LogP contribution in [0.2, 0.25) is 0 Å². The number of benzene rings is 1. The number of ether oxygens (including phenoxy) is 2. The van der Waals surface area contributed by atoms with Crippen LogP contribution in [0.4, 0.5) is 0 Å². The molecular weight excluding hydrogens is 166 g/mol. The first kappa shape index (κ1) is 8.10. The third-order valence-electron chi connectivity index (χ3n) is 1.96. The number of rotatable bonds is 1. The van der Waals surface area contributed by atoms with E-state index in [-0.39, 0.29) is 0 Å². The largest absolute Gasteiger partial charge is 0.490 e. The molecule has 0 saturated carbocycles. The van der Waals surface area contributed by atoms with Crippen molar-refractivity contribution < 1.29 is 9.47 Å². The zero-order valence-corrected chi connectivity index (χ0v) is 7.25. The Hall–Kier alpha value is -1.51. The monoisotopic (exact) mass is 177 g/mol. The molecule has 13 heavy (non-hydrogen) atoms. The second-order valence-corrected chi connectivity index (χ2v) is 2.87. The van der Waals surface area contributed by atoms with Gasteiger partial charge in [-0.25, -0.2) is 0 Å². The van der Waals surface area contributed by atoms with Crippen LogP contribution in [-0.2, 0) is 0 Å². The third-order valence-corrected chi connectivity index (χ3v) is 1.96. The maximum atomic E-state index is 7.19. The predicted molar refractivity (Wildman–Crippen MR) is 49.9 cm³/mol. The summed E-state index contributed by atoms with van der Waals surface area (Å²) in [4.78, 5) is 0. The molecule has 0 atom stereocenters. The molecule has 1 aromatic carbocycles. The SMILES string of the molecule is N=Cc1cccc2c1OCCCO2. The molecule has 0 spiro atoms. The van der Waals surface area contributed by atoms with Gasteiger partial charge in [0.15, 0.2) is 11.5 Å². The molecule has 1 N–H and O–H groups in total. The number of fused-ring (bicyclic) bond motifs is 1. The molecule has 0 fully saturated rings. The number of hydrogen-bond acceptors (Lipinski definition) is 3. The van der Waals surface area contributed by atoms with Crippen LogP contribution in [0.1, 0.15) is 12.0 Å². The molecule has 0 saturated heterocycles. The van der Waals surface area contributed by atoms with E-state index in [0.717, 1.165) is 17.7 Å². The lowest BCUT2D eigenvalue weighted by atomic mass is 10.2. The number of hydrogen-bond donors (Lipinski definition) is 1. The van der Waals surface area contributed by atoms with Crippen molar-refractivity contribution >= 4 is 6.21 Å². The second-order valence-electron chi connectivity index (χ2n) is 2.87. The molecule has 0 amide bonds. The van der Waals surface area contributed by atoms with Crippen molar-refractivity contribution in [2.75, 3.05) is 13.2 Å². The number of nitrogens with one attached hydrogen (secondary N) is 1. The summed E-state index contributed by atoms with van der Waals surface area (Å²) in [6.07, 6.45) is 2.18. The summed E-state index contributed by atoms with van der Waals surface area (Å²) in [5.41, 5.74) is 0.777. The zero-order chi connectivity index (χ0) is 9.10. The van der Waals surface area contributed by atoms with Crippen molar-refractivity contribution in [2.24, 2.45) is 0 Å². The Morgan fingerprint density at radius 2 is 2.08 bits per heavy atom. The van der Waals surface area contributed by atoms with Gasteiger partial charge in [-0.3, -0.25) is 0 Å². The molecule has 1 aromatic rings. The predicted octanol–water partition coefficient (Wildman–Crippen LogP) is 1.85. The van der Waals surface area contributed by atoms with Gasteiger partial charge in [-0.05, 0) is 12.1 Å². The van der Waals surface area contributed by atoms with E-state index in [0.29, 0.717) is 19.0 Å². The highest BCUT2D eigenvalue weighted by Gasteiger charge is 2.12. The van der Waals surface area contributed by atoms with Gasteiger partial charge in [0.25, 0.3) is 0 Å². The minimum absolute atomic E-state index is 0.665. The van der Waals surface area contributed by atoms with E-state index in [1.807, 2.05) is 18.2 Å². The van der Waals surface area contributed by atoms with Crippen molar-refractivity contribution in [1.82, 2.24) is 0 Å². The van der Waals surface area contributed by atoms with E-state index in [1.54, 1.807) is 0 Å². The summed E-state index contributed by atoms with van der Waals surface area (Å²) in [6, 6.07) is 5.59. The minimum atomic E-state index is 0.665. The molecule has 0 aromatic heterocycles. The van der Waals surface area contributed by atoms with Crippen LogP contribution in [0.15, 0.2) is 18.2 Å². The van der Waals surface area contributed by atoms with Gasteiger partial charge in [0.2, 0.25) is 0 Å². The highest BCUT2D eigenvalue weighted by Crippen LogP contribution is 2.31. The van der Waals surface area contributed by atoms with Gasteiger partial charge < -0.3 is 14.9 Å². The fourth-order valence-corrected chi connectivity index (χ4v) is 1.33. The maximum absolute atomic E-state index is 7.19. The summed E-state index contributed by atoms with van der Waals surface area (Å²) < 4.78 is 11.0. The third kappa shape index (κ3) is 1.49. The molecule has 1 heterocycles. The van der Waals surface area contributed by atoms with Crippen LogP contribution < -0.4 is 9.47 Å². The van der Waals surface area contributed by atoms with Gasteiger partial charge in [0.05, 0.1) is 13.2 Å². The lowest BCUT2D eigenvalue weighted by Gasteiger charge is -2.08. The van der Waals surface area contributed by atoms with Crippen LogP contribution in [0, 0.1) is 5.41 Å². The van der Waals surface area contributed by atoms with Gasteiger partial charge in [0, 0.05) is 18.2 Å². The average molecular weight is 177 g/mol. The van der Waals surface area contributed by atoms with E-state index >= 15 is 0 Å². The summed E-state index contributed by atoms with van der Waals surface area (Å²) in [5, 5.41) is 7.19. The molecular formula is C10H11NO2. The van der Waals surface area contributed by atoms with E-state index < -0.39 is 0 Å². The summed E-state index contributed by atoms with van der Waals surface area (Å²) >= 11 is 0. The van der Waals surface area contributed by atoms with E-state index in [4.69, 9.17) is 14.9 Å². The molecule has 0 radical (unpaired) electrons. The van der Waals surface area contributed by atoms with Gasteiger partial charge in [0.1, 0.15) is 0 Å². The van der Waals surface area contributed by atoms with Crippen LogP contribution >= 0.6 is 0 Å². The molecule has 68 valence electrons. The van der Waals surface area contributed by atoms with Gasteiger partial charge in [-0.15, -0.1) is 0 Å². The van der Waals surface area contributed by atoms with E-state index in [2.05, 4.69) is 0 Å². The maximum Gasteiger partial charge on any atom is 0.169 e. The van der Waals surface area contributed by atoms with Crippen molar-refractivity contribution in [3.05, 3.63) is 23.8 Å². The standard InChI is InChI=1S/C10H11NO2/c11-7-8-3-1-4-9-10(8)13-6-2-5-12-9/h1,3-4,7,11H,2,5-6H2. The molecule has 3 heteroatoms. The van der Waals surface area contributed by atoms with Crippen LogP contribution in [0.5, 0.6) is 11.5 Å². The van der Waals surface area contributed by atoms with Crippen molar-refractivity contribution in [2.45, 2.75) is 6.42 Å². The molecule has 3 nitrogen and oxygen atoms in total. The summed E-state index contributed by atoms with van der Waals surface area (Å²) in [7, 11) is 0. The molecule has 0 unspecified atom stereocenters. The fourth-order valence-electron chi connectivity index (χ4n) is 1.33. The molecule has 2 rings (SSSR count). The summed E-state index contributed by atoms with van der Waals surface area (Å²) in [6.45, 7) is 1.35. The van der Waals surface area contributed by atoms with Crippen LogP contribution in [0.3, 0.4) is 0 Å².